The van der Waals surface area contributed by atoms with E-state index in [9.17, 15) is 4.79 Å². The minimum Gasteiger partial charge on any atom is -0.468 e. The van der Waals surface area contributed by atoms with Crippen LogP contribution in [-0.4, -0.2) is 33.4 Å². The summed E-state index contributed by atoms with van der Waals surface area (Å²) >= 11 is 0. The Labute approximate surface area is 82.1 Å². The molecule has 2 N–H and O–H groups in total. The van der Waals surface area contributed by atoms with E-state index in [4.69, 9.17) is 5.73 Å². The molecule has 0 amide bonds. The summed E-state index contributed by atoms with van der Waals surface area (Å²) in [6.07, 6.45) is 3.47. The summed E-state index contributed by atoms with van der Waals surface area (Å²) < 4.78 is 6.19. The lowest BCUT2D eigenvalue weighted by atomic mass is 10.00. The molecule has 1 aromatic rings. The third-order valence-electron chi connectivity index (χ3n) is 1.98. The lowest BCUT2D eigenvalue weighted by Crippen LogP contribution is -2.46. The van der Waals surface area contributed by atoms with Gasteiger partial charge < -0.3 is 10.5 Å². The molecule has 0 bridgehead atoms. The van der Waals surface area contributed by atoms with E-state index < -0.39 is 11.5 Å². The number of ether oxygens (including phenoxy) is 1. The van der Waals surface area contributed by atoms with Crippen molar-refractivity contribution in [3.05, 3.63) is 12.7 Å². The van der Waals surface area contributed by atoms with E-state index in [-0.39, 0.29) is 0 Å². The van der Waals surface area contributed by atoms with E-state index in [0.29, 0.717) is 13.0 Å². The predicted molar refractivity (Wildman–Crippen MR) is 49.2 cm³/mol. The Bertz CT molecular complexity index is 294. The smallest absolute Gasteiger partial charge is 0.325 e. The Morgan fingerprint density at radius 3 is 2.93 bits per heavy atom. The van der Waals surface area contributed by atoms with E-state index in [2.05, 4.69) is 14.8 Å². The lowest BCUT2D eigenvalue weighted by Gasteiger charge is -2.20. The molecule has 6 nitrogen and oxygen atoms in total. The molecule has 0 radical (unpaired) electrons. The molecule has 1 atom stereocenters. The fraction of sp³-hybridized carbons (Fsp3) is 0.625. The second kappa shape index (κ2) is 4.19. The molecule has 14 heavy (non-hydrogen) atoms. The monoisotopic (exact) mass is 198 g/mol. The van der Waals surface area contributed by atoms with Gasteiger partial charge in [-0.1, -0.05) is 0 Å². The van der Waals surface area contributed by atoms with Gasteiger partial charge in [0.2, 0.25) is 0 Å². The largest absolute Gasteiger partial charge is 0.468 e. The zero-order chi connectivity index (χ0) is 10.6. The van der Waals surface area contributed by atoms with Gasteiger partial charge in [-0.15, -0.1) is 0 Å². The molecule has 6 heteroatoms. The average molecular weight is 198 g/mol. The first kappa shape index (κ1) is 10.6. The Balaban J connectivity index is 2.48. The maximum absolute atomic E-state index is 11.2. The van der Waals surface area contributed by atoms with Gasteiger partial charge in [0.1, 0.15) is 18.2 Å². The van der Waals surface area contributed by atoms with Gasteiger partial charge in [-0.2, -0.15) is 5.10 Å². The van der Waals surface area contributed by atoms with Crippen molar-refractivity contribution in [2.24, 2.45) is 5.73 Å². The fourth-order valence-electron chi connectivity index (χ4n) is 1.03. The summed E-state index contributed by atoms with van der Waals surface area (Å²) in [6.45, 7) is 2.18. The first-order chi connectivity index (χ1) is 6.56. The van der Waals surface area contributed by atoms with Crippen LogP contribution in [0.25, 0.3) is 0 Å². The highest BCUT2D eigenvalue weighted by Gasteiger charge is 2.28. The highest BCUT2D eigenvalue weighted by molar-refractivity contribution is 5.79. The molecule has 1 heterocycles. The van der Waals surface area contributed by atoms with Gasteiger partial charge in [0.25, 0.3) is 0 Å². The number of methoxy groups -OCH3 is 1. The van der Waals surface area contributed by atoms with Crippen LogP contribution in [0.1, 0.15) is 13.3 Å². The molecule has 0 aliphatic heterocycles. The van der Waals surface area contributed by atoms with E-state index in [0.717, 1.165) is 0 Å². The average Bonchev–Trinajstić information content (AvgIpc) is 2.66. The SMILES string of the molecule is COC(=O)C(C)(N)CCn1cncn1. The van der Waals surface area contributed by atoms with Crippen molar-refractivity contribution in [1.29, 1.82) is 0 Å². The quantitative estimate of drug-likeness (QED) is 0.663. The van der Waals surface area contributed by atoms with Crippen molar-refractivity contribution < 1.29 is 9.53 Å². The molecular formula is C8H14N4O2. The van der Waals surface area contributed by atoms with Crippen LogP contribution in [0, 0.1) is 0 Å². The first-order valence-electron chi connectivity index (χ1n) is 4.26. The van der Waals surface area contributed by atoms with Gasteiger partial charge in [-0.05, 0) is 13.3 Å². The maximum atomic E-state index is 11.2. The van der Waals surface area contributed by atoms with Gasteiger partial charge in [0.05, 0.1) is 7.11 Å². The second-order valence-corrected chi connectivity index (χ2v) is 3.32. The van der Waals surface area contributed by atoms with Crippen molar-refractivity contribution in [3.8, 4) is 0 Å². The number of carbonyl (C=O) groups is 1. The third-order valence-corrected chi connectivity index (χ3v) is 1.98. The van der Waals surface area contributed by atoms with Crippen molar-refractivity contribution >= 4 is 5.97 Å². The molecule has 0 saturated heterocycles. The molecule has 0 aromatic carbocycles. The standard InChI is InChI=1S/C8H14N4O2/c1-8(9,7(13)14-2)3-4-12-6-10-5-11-12/h5-6H,3-4,9H2,1-2H3. The summed E-state index contributed by atoms with van der Waals surface area (Å²) in [6, 6.07) is 0. The Hall–Kier alpha value is -1.43. The highest BCUT2D eigenvalue weighted by atomic mass is 16.5. The molecule has 1 unspecified atom stereocenters. The number of nitrogens with zero attached hydrogens (tertiary/aromatic N) is 3. The van der Waals surface area contributed by atoms with Crippen molar-refractivity contribution in [1.82, 2.24) is 14.8 Å². The van der Waals surface area contributed by atoms with Crippen molar-refractivity contribution in [2.75, 3.05) is 7.11 Å². The number of aromatic nitrogens is 3. The van der Waals surface area contributed by atoms with Crippen molar-refractivity contribution in [2.45, 2.75) is 25.4 Å². The number of hydrogen-bond acceptors (Lipinski definition) is 5. The van der Waals surface area contributed by atoms with Crippen LogP contribution in [0.5, 0.6) is 0 Å². The van der Waals surface area contributed by atoms with Crippen LogP contribution < -0.4 is 5.73 Å². The maximum Gasteiger partial charge on any atom is 0.325 e. The summed E-state index contributed by atoms with van der Waals surface area (Å²) in [5.41, 5.74) is 4.78. The Kier molecular flexibility index (Phi) is 3.19. The highest BCUT2D eigenvalue weighted by Crippen LogP contribution is 2.08. The van der Waals surface area contributed by atoms with Crippen LogP contribution in [0.4, 0.5) is 0 Å². The number of carbonyl (C=O) groups excluding carboxylic acids is 1. The molecule has 1 rings (SSSR count). The van der Waals surface area contributed by atoms with Gasteiger partial charge in [0, 0.05) is 6.54 Å². The van der Waals surface area contributed by atoms with E-state index in [1.807, 2.05) is 0 Å². The molecule has 0 fully saturated rings. The Morgan fingerprint density at radius 1 is 1.71 bits per heavy atom. The third kappa shape index (κ3) is 2.53. The summed E-state index contributed by atoms with van der Waals surface area (Å²) in [5.74, 6) is -0.419. The second-order valence-electron chi connectivity index (χ2n) is 3.32. The molecule has 0 spiro atoms. The fourth-order valence-corrected chi connectivity index (χ4v) is 1.03. The first-order valence-corrected chi connectivity index (χ1v) is 4.26. The van der Waals surface area contributed by atoms with Crippen LogP contribution in [0.15, 0.2) is 12.7 Å². The summed E-state index contributed by atoms with van der Waals surface area (Å²) in [7, 11) is 1.32. The number of nitrogens with two attached hydrogens (primary N) is 1. The Morgan fingerprint density at radius 2 is 2.43 bits per heavy atom. The van der Waals surface area contributed by atoms with E-state index in [1.165, 1.54) is 13.4 Å². The number of hydrogen-bond donors (Lipinski definition) is 1. The zero-order valence-electron chi connectivity index (χ0n) is 8.30. The van der Waals surface area contributed by atoms with Crippen molar-refractivity contribution in [3.63, 3.8) is 0 Å². The van der Waals surface area contributed by atoms with Gasteiger partial charge in [-0.25, -0.2) is 4.98 Å². The zero-order valence-corrected chi connectivity index (χ0v) is 8.30. The van der Waals surface area contributed by atoms with E-state index in [1.54, 1.807) is 17.9 Å². The minimum absolute atomic E-state index is 0.419. The molecule has 0 saturated carbocycles. The number of esters is 1. The summed E-state index contributed by atoms with van der Waals surface area (Å²) in [4.78, 5) is 15.0. The topological polar surface area (TPSA) is 83.0 Å². The van der Waals surface area contributed by atoms with Crippen LogP contribution in [0.2, 0.25) is 0 Å². The normalized spacial score (nSPS) is 14.8. The number of rotatable bonds is 4. The van der Waals surface area contributed by atoms with Gasteiger partial charge >= 0.3 is 5.97 Å². The molecule has 0 aliphatic carbocycles. The van der Waals surface area contributed by atoms with Gasteiger partial charge in [-0.3, -0.25) is 9.48 Å². The lowest BCUT2D eigenvalue weighted by molar-refractivity contribution is -0.146. The summed E-state index contributed by atoms with van der Waals surface area (Å²) in [5, 5.41) is 3.90. The van der Waals surface area contributed by atoms with Crippen LogP contribution in [0.3, 0.4) is 0 Å². The predicted octanol–water partition coefficient (Wildman–Crippen LogP) is -0.441. The van der Waals surface area contributed by atoms with Crippen LogP contribution in [-0.2, 0) is 16.1 Å². The van der Waals surface area contributed by atoms with Crippen LogP contribution >= 0.6 is 0 Å². The minimum atomic E-state index is -0.972. The van der Waals surface area contributed by atoms with Gasteiger partial charge in [0.15, 0.2) is 0 Å². The molecule has 1 aromatic heterocycles. The molecular weight excluding hydrogens is 184 g/mol. The molecule has 0 aliphatic rings. The number of aryl methyl sites for hydroxylation is 1. The molecule has 78 valence electrons. The van der Waals surface area contributed by atoms with E-state index >= 15 is 0 Å².